The van der Waals surface area contributed by atoms with E-state index in [-0.39, 0.29) is 26.4 Å². The minimum atomic E-state index is -4.01. The molecule has 0 aliphatic heterocycles. The Morgan fingerprint density at radius 3 is 0.604 bits per heavy atom. The Labute approximate surface area is 297 Å². The zero-order valence-corrected chi connectivity index (χ0v) is 33.5. The first-order valence-corrected chi connectivity index (χ1v) is 23.6. The zero-order valence-electron chi connectivity index (χ0n) is 31.7. The molecule has 10 heteroatoms. The molecule has 0 aromatic carbocycles. The molecule has 0 aromatic heterocycles. The summed E-state index contributed by atoms with van der Waals surface area (Å²) >= 11 is 0. The Morgan fingerprint density at radius 1 is 0.292 bits per heavy atom. The molecule has 2 N–H and O–H groups in total. The van der Waals surface area contributed by atoms with Crippen molar-refractivity contribution in [3.05, 3.63) is 0 Å². The second-order valence-electron chi connectivity index (χ2n) is 13.9. The van der Waals surface area contributed by atoms with Crippen molar-refractivity contribution in [1.82, 2.24) is 0 Å². The third kappa shape index (κ3) is 39.0. The van der Waals surface area contributed by atoms with Crippen LogP contribution in [0, 0.1) is 0 Å². The van der Waals surface area contributed by atoms with E-state index < -0.39 is 15.6 Å². The van der Waals surface area contributed by atoms with Gasteiger partial charge in [-0.2, -0.15) is 0 Å². The predicted molar refractivity (Wildman–Crippen MR) is 203 cm³/mol. The average molecular weight is 727 g/mol. The van der Waals surface area contributed by atoms with Gasteiger partial charge < -0.3 is 9.79 Å². The first-order chi connectivity index (χ1) is 23.3. The minimum absolute atomic E-state index is 0.147. The Balaban J connectivity index is 3.45. The van der Waals surface area contributed by atoms with Crippen molar-refractivity contribution < 1.29 is 37.0 Å². The fourth-order valence-electron chi connectivity index (χ4n) is 5.95. The van der Waals surface area contributed by atoms with Crippen molar-refractivity contribution in [3.63, 3.8) is 0 Å². The molecule has 0 saturated heterocycles. The van der Waals surface area contributed by atoms with Gasteiger partial charge >= 0.3 is 15.6 Å². The predicted octanol–water partition coefficient (Wildman–Crippen LogP) is 13.8. The highest BCUT2D eigenvalue weighted by Crippen LogP contribution is 2.44. The highest BCUT2D eigenvalue weighted by atomic mass is 31.2. The molecule has 0 fully saturated rings. The molecule has 0 aromatic rings. The number of unbranched alkanes of at least 4 members (excludes halogenated alkanes) is 29. The third-order valence-corrected chi connectivity index (χ3v) is 11.1. The number of phosphoric acid groups is 2. The second-order valence-corrected chi connectivity index (χ2v) is 16.8. The van der Waals surface area contributed by atoms with Gasteiger partial charge in [-0.1, -0.05) is 194 Å². The van der Waals surface area contributed by atoms with E-state index in [0.717, 1.165) is 51.4 Å². The molecule has 0 aliphatic carbocycles. The van der Waals surface area contributed by atoms with Gasteiger partial charge in [-0.15, -0.1) is 0 Å². The summed E-state index contributed by atoms with van der Waals surface area (Å²) in [6.07, 6.45) is 38.1. The number of phosphoric ester groups is 2. The molecule has 48 heavy (non-hydrogen) atoms. The Morgan fingerprint density at radius 2 is 0.438 bits per heavy atom. The maximum absolute atomic E-state index is 12.1. The SMILES string of the molecule is CCCCCCCCCCCCCCCCOP(=O)(O)OCCCCCCOP(=O)(O)OCCCCCCCCCCCCCCCC. The van der Waals surface area contributed by atoms with Gasteiger partial charge in [-0.05, 0) is 25.7 Å². The van der Waals surface area contributed by atoms with Crippen LogP contribution in [0.1, 0.15) is 219 Å². The molecule has 0 heterocycles. The molecule has 0 saturated carbocycles. The summed E-state index contributed by atoms with van der Waals surface area (Å²) in [5.74, 6) is 0. The second kappa shape index (κ2) is 37.0. The largest absolute Gasteiger partial charge is 0.472 e. The fourth-order valence-corrected chi connectivity index (χ4v) is 7.53. The summed E-state index contributed by atoms with van der Waals surface area (Å²) in [5.41, 5.74) is 0. The molecule has 0 bridgehead atoms. The van der Waals surface area contributed by atoms with Crippen LogP contribution in [0.3, 0.4) is 0 Å². The number of hydrogen-bond acceptors (Lipinski definition) is 6. The van der Waals surface area contributed by atoms with Crippen molar-refractivity contribution in [2.24, 2.45) is 0 Å². The average Bonchev–Trinajstić information content (AvgIpc) is 3.05. The van der Waals surface area contributed by atoms with Gasteiger partial charge in [0.2, 0.25) is 0 Å². The molecule has 290 valence electrons. The Kier molecular flexibility index (Phi) is 37.2. The summed E-state index contributed by atoms with van der Waals surface area (Å²) in [4.78, 5) is 19.7. The third-order valence-electron chi connectivity index (χ3n) is 9.05. The van der Waals surface area contributed by atoms with Crippen molar-refractivity contribution in [2.75, 3.05) is 26.4 Å². The van der Waals surface area contributed by atoms with Crippen molar-refractivity contribution in [1.29, 1.82) is 0 Å². The molecular formula is C38H80O8P2. The van der Waals surface area contributed by atoms with Crippen LogP contribution in [-0.2, 0) is 27.2 Å². The van der Waals surface area contributed by atoms with Crippen molar-refractivity contribution in [2.45, 2.75) is 219 Å². The molecule has 0 spiro atoms. The van der Waals surface area contributed by atoms with Gasteiger partial charge in [0.05, 0.1) is 26.4 Å². The van der Waals surface area contributed by atoms with Gasteiger partial charge in [0.25, 0.3) is 0 Å². The van der Waals surface area contributed by atoms with Crippen molar-refractivity contribution in [3.8, 4) is 0 Å². The molecule has 0 aliphatic rings. The van der Waals surface area contributed by atoms with E-state index in [1.807, 2.05) is 0 Å². The summed E-state index contributed by atoms with van der Waals surface area (Å²) in [7, 11) is -8.01. The summed E-state index contributed by atoms with van der Waals surface area (Å²) in [6, 6.07) is 0. The van der Waals surface area contributed by atoms with Crippen molar-refractivity contribution >= 4 is 15.6 Å². The van der Waals surface area contributed by atoms with Crippen LogP contribution in [0.15, 0.2) is 0 Å². The lowest BCUT2D eigenvalue weighted by atomic mass is 10.0. The van der Waals surface area contributed by atoms with Gasteiger partial charge in [-0.25, -0.2) is 9.13 Å². The maximum atomic E-state index is 12.1. The molecule has 2 atom stereocenters. The summed E-state index contributed by atoms with van der Waals surface area (Å²) in [5, 5.41) is 0. The van der Waals surface area contributed by atoms with E-state index in [2.05, 4.69) is 13.8 Å². The van der Waals surface area contributed by atoms with E-state index >= 15 is 0 Å². The van der Waals surface area contributed by atoms with Gasteiger partial charge in [0, 0.05) is 0 Å². The van der Waals surface area contributed by atoms with Crippen LogP contribution in [0.2, 0.25) is 0 Å². The van der Waals surface area contributed by atoms with Crippen LogP contribution >= 0.6 is 15.6 Å². The van der Waals surface area contributed by atoms with E-state index in [0.29, 0.717) is 12.8 Å². The summed E-state index contributed by atoms with van der Waals surface area (Å²) < 4.78 is 44.5. The number of hydrogen-bond donors (Lipinski definition) is 2. The van der Waals surface area contributed by atoms with Gasteiger partial charge in [-0.3, -0.25) is 18.1 Å². The standard InChI is InChI=1S/C38H80O8P2/c1-3-5-7-9-11-13-15-17-19-21-23-25-27-31-35-43-47(39,40)45-37-33-29-30-34-38-46-48(41,42)44-36-32-28-26-24-22-20-18-16-14-12-10-8-6-4-2/h3-38H2,1-2H3,(H,39,40)(H,41,42). The van der Waals surface area contributed by atoms with Crippen LogP contribution in [0.4, 0.5) is 0 Å². The lowest BCUT2D eigenvalue weighted by Gasteiger charge is -2.13. The lowest BCUT2D eigenvalue weighted by molar-refractivity contribution is 0.139. The smallest absolute Gasteiger partial charge is 0.302 e. The lowest BCUT2D eigenvalue weighted by Crippen LogP contribution is -2.00. The van der Waals surface area contributed by atoms with Crippen LogP contribution < -0.4 is 0 Å². The van der Waals surface area contributed by atoms with E-state index in [1.54, 1.807) is 0 Å². The van der Waals surface area contributed by atoms with Gasteiger partial charge in [0.1, 0.15) is 0 Å². The Bertz CT molecular complexity index is 679. The van der Waals surface area contributed by atoms with Crippen LogP contribution in [0.5, 0.6) is 0 Å². The molecular weight excluding hydrogens is 646 g/mol. The quantitative estimate of drug-likeness (QED) is 0.0473. The molecule has 8 nitrogen and oxygen atoms in total. The maximum Gasteiger partial charge on any atom is 0.472 e. The zero-order chi connectivity index (χ0) is 35.3. The summed E-state index contributed by atoms with van der Waals surface area (Å²) in [6.45, 7) is 5.30. The first kappa shape index (κ1) is 48.2. The molecule has 0 rings (SSSR count). The highest BCUT2D eigenvalue weighted by molar-refractivity contribution is 7.47. The fraction of sp³-hybridized carbons (Fsp3) is 1.00. The molecule has 0 radical (unpaired) electrons. The Hall–Kier alpha value is 0.220. The first-order valence-electron chi connectivity index (χ1n) is 20.6. The van der Waals surface area contributed by atoms with Crippen LogP contribution in [-0.4, -0.2) is 36.2 Å². The molecule has 0 amide bonds. The topological polar surface area (TPSA) is 112 Å². The van der Waals surface area contributed by atoms with Crippen LogP contribution in [0.25, 0.3) is 0 Å². The highest BCUT2D eigenvalue weighted by Gasteiger charge is 2.21. The monoisotopic (exact) mass is 727 g/mol. The number of rotatable bonds is 41. The van der Waals surface area contributed by atoms with E-state index in [4.69, 9.17) is 18.1 Å². The minimum Gasteiger partial charge on any atom is -0.302 e. The van der Waals surface area contributed by atoms with Gasteiger partial charge in [0.15, 0.2) is 0 Å². The van der Waals surface area contributed by atoms with E-state index in [9.17, 15) is 18.9 Å². The normalized spacial score (nSPS) is 14.3. The molecule has 2 unspecified atom stereocenters. The van der Waals surface area contributed by atoms with E-state index in [1.165, 1.54) is 141 Å².